The first-order valence-electron chi connectivity index (χ1n) is 8.35. The van der Waals surface area contributed by atoms with Crippen LogP contribution in [-0.4, -0.2) is 72.2 Å². The number of carbonyl (C=O) groups is 1. The van der Waals surface area contributed by atoms with Crippen LogP contribution >= 0.6 is 0 Å². The summed E-state index contributed by atoms with van der Waals surface area (Å²) in [4.78, 5) is 20.6. The molecule has 0 atom stereocenters. The Balaban J connectivity index is 1.62. The molecule has 2 heterocycles. The van der Waals surface area contributed by atoms with Crippen molar-refractivity contribution in [1.29, 1.82) is 0 Å². The maximum atomic E-state index is 12.0. The zero-order chi connectivity index (χ0) is 16.5. The minimum atomic E-state index is 0.0378. The first-order valence-corrected chi connectivity index (χ1v) is 8.35. The number of β-amino-alcohol motifs (C(OH)–C–C–N with tert-alkyl or cyclic N) is 1. The normalized spacial score (nSPS) is 16.7. The number of nitrogens with one attached hydrogen (secondary N) is 1. The molecule has 2 rings (SSSR count). The van der Waals surface area contributed by atoms with Crippen LogP contribution in [0.3, 0.4) is 0 Å². The zero-order valence-corrected chi connectivity index (χ0v) is 13.9. The fourth-order valence-corrected chi connectivity index (χ4v) is 3.03. The van der Waals surface area contributed by atoms with Crippen LogP contribution in [0.4, 0.5) is 0 Å². The van der Waals surface area contributed by atoms with Gasteiger partial charge in [-0.2, -0.15) is 0 Å². The van der Waals surface area contributed by atoms with E-state index >= 15 is 0 Å². The smallest absolute Gasteiger partial charge is 0.234 e. The van der Waals surface area contributed by atoms with Gasteiger partial charge in [-0.05, 0) is 51.0 Å². The van der Waals surface area contributed by atoms with Crippen molar-refractivity contribution in [3.63, 3.8) is 0 Å². The number of aromatic nitrogens is 1. The number of likely N-dealkylation sites (tertiary alicyclic amines) is 1. The standard InChI is InChI=1S/C17H28N4O2/c1-20(13-15-5-8-21(9-6-15)10-11-22)14-17(23)19-12-16-4-2-3-7-18-16/h2-4,7,15,22H,5-6,8-14H2,1H3,(H,19,23). The molecule has 6 nitrogen and oxygen atoms in total. The summed E-state index contributed by atoms with van der Waals surface area (Å²) in [7, 11) is 2.00. The van der Waals surface area contributed by atoms with Crippen LogP contribution in [0, 0.1) is 5.92 Å². The molecule has 0 saturated carbocycles. The number of pyridine rings is 1. The lowest BCUT2D eigenvalue weighted by molar-refractivity contribution is -0.122. The maximum Gasteiger partial charge on any atom is 0.234 e. The van der Waals surface area contributed by atoms with Gasteiger partial charge in [-0.15, -0.1) is 0 Å². The van der Waals surface area contributed by atoms with Gasteiger partial charge in [-0.25, -0.2) is 0 Å². The second kappa shape index (κ2) is 9.60. The fraction of sp³-hybridized carbons (Fsp3) is 0.647. The SMILES string of the molecule is CN(CC(=O)NCc1ccccn1)CC1CCN(CCO)CC1. The highest BCUT2D eigenvalue weighted by molar-refractivity contribution is 5.77. The van der Waals surface area contributed by atoms with Gasteiger partial charge in [0.05, 0.1) is 25.4 Å². The van der Waals surface area contributed by atoms with Crippen LogP contribution in [0.25, 0.3) is 0 Å². The Morgan fingerprint density at radius 3 is 2.87 bits per heavy atom. The molecule has 0 bridgehead atoms. The number of hydrogen-bond acceptors (Lipinski definition) is 5. The van der Waals surface area contributed by atoms with Crippen molar-refractivity contribution in [3.8, 4) is 0 Å². The highest BCUT2D eigenvalue weighted by atomic mass is 16.3. The van der Waals surface area contributed by atoms with Gasteiger partial charge in [0, 0.05) is 19.3 Å². The van der Waals surface area contributed by atoms with Crippen molar-refractivity contribution in [3.05, 3.63) is 30.1 Å². The van der Waals surface area contributed by atoms with Gasteiger partial charge in [0.25, 0.3) is 0 Å². The summed E-state index contributed by atoms with van der Waals surface area (Å²) in [5, 5.41) is 11.9. The molecule has 1 fully saturated rings. The molecule has 0 radical (unpaired) electrons. The van der Waals surface area contributed by atoms with Crippen molar-refractivity contribution in [2.24, 2.45) is 5.92 Å². The quantitative estimate of drug-likeness (QED) is 0.723. The van der Waals surface area contributed by atoms with E-state index in [2.05, 4.69) is 20.1 Å². The molecule has 0 spiro atoms. The number of aliphatic hydroxyl groups is 1. The fourth-order valence-electron chi connectivity index (χ4n) is 3.03. The molecule has 0 aliphatic carbocycles. The number of amides is 1. The molecule has 1 aliphatic rings. The zero-order valence-electron chi connectivity index (χ0n) is 13.9. The lowest BCUT2D eigenvalue weighted by Crippen LogP contribution is -2.41. The van der Waals surface area contributed by atoms with E-state index in [9.17, 15) is 4.79 Å². The molecule has 128 valence electrons. The third-order valence-corrected chi connectivity index (χ3v) is 4.30. The Morgan fingerprint density at radius 2 is 2.22 bits per heavy atom. The predicted molar refractivity (Wildman–Crippen MR) is 89.8 cm³/mol. The Morgan fingerprint density at radius 1 is 1.43 bits per heavy atom. The first-order chi connectivity index (χ1) is 11.2. The van der Waals surface area contributed by atoms with E-state index in [-0.39, 0.29) is 12.5 Å². The van der Waals surface area contributed by atoms with Crippen molar-refractivity contribution >= 4 is 5.91 Å². The molecule has 2 N–H and O–H groups in total. The summed E-state index contributed by atoms with van der Waals surface area (Å²) in [5.41, 5.74) is 0.875. The number of carbonyl (C=O) groups excluding carboxylic acids is 1. The van der Waals surface area contributed by atoms with E-state index < -0.39 is 0 Å². The molecule has 0 aromatic carbocycles. The minimum Gasteiger partial charge on any atom is -0.395 e. The molecule has 1 aromatic heterocycles. The van der Waals surface area contributed by atoms with Crippen LogP contribution in [0.15, 0.2) is 24.4 Å². The van der Waals surface area contributed by atoms with E-state index in [1.54, 1.807) is 6.20 Å². The third kappa shape index (κ3) is 6.64. The lowest BCUT2D eigenvalue weighted by Gasteiger charge is -2.33. The minimum absolute atomic E-state index is 0.0378. The molecule has 6 heteroatoms. The van der Waals surface area contributed by atoms with Crippen LogP contribution in [0.2, 0.25) is 0 Å². The maximum absolute atomic E-state index is 12.0. The third-order valence-electron chi connectivity index (χ3n) is 4.30. The highest BCUT2D eigenvalue weighted by Crippen LogP contribution is 2.17. The monoisotopic (exact) mass is 320 g/mol. The molecule has 1 amide bonds. The molecule has 23 heavy (non-hydrogen) atoms. The summed E-state index contributed by atoms with van der Waals surface area (Å²) in [5.74, 6) is 0.675. The molecular formula is C17H28N4O2. The van der Waals surface area contributed by atoms with Crippen LogP contribution in [0.1, 0.15) is 18.5 Å². The van der Waals surface area contributed by atoms with E-state index in [1.807, 2.05) is 25.2 Å². The van der Waals surface area contributed by atoms with Crippen molar-refractivity contribution < 1.29 is 9.90 Å². The van der Waals surface area contributed by atoms with Gasteiger partial charge < -0.3 is 15.3 Å². The second-order valence-corrected chi connectivity index (χ2v) is 6.30. The van der Waals surface area contributed by atoms with Crippen molar-refractivity contribution in [1.82, 2.24) is 20.1 Å². The van der Waals surface area contributed by atoms with Gasteiger partial charge in [0.2, 0.25) is 5.91 Å². The van der Waals surface area contributed by atoms with Gasteiger partial charge >= 0.3 is 0 Å². The Labute approximate surface area is 138 Å². The average Bonchev–Trinajstić information content (AvgIpc) is 2.56. The molecule has 1 aromatic rings. The summed E-state index contributed by atoms with van der Waals surface area (Å²) >= 11 is 0. The Kier molecular flexibility index (Phi) is 7.45. The number of aliphatic hydroxyl groups excluding tert-OH is 1. The number of nitrogens with zero attached hydrogens (tertiary/aromatic N) is 3. The summed E-state index contributed by atoms with van der Waals surface area (Å²) < 4.78 is 0. The number of rotatable bonds is 8. The highest BCUT2D eigenvalue weighted by Gasteiger charge is 2.20. The predicted octanol–water partition coefficient (Wildman–Crippen LogP) is 0.334. The van der Waals surface area contributed by atoms with E-state index in [0.717, 1.165) is 44.7 Å². The summed E-state index contributed by atoms with van der Waals surface area (Å²) in [6, 6.07) is 5.69. The summed E-state index contributed by atoms with van der Waals surface area (Å²) in [6.07, 6.45) is 4.01. The average molecular weight is 320 g/mol. The first kappa shape index (κ1) is 17.8. The van der Waals surface area contributed by atoms with E-state index in [4.69, 9.17) is 5.11 Å². The molecule has 0 unspecified atom stereocenters. The van der Waals surface area contributed by atoms with Gasteiger partial charge in [0.1, 0.15) is 0 Å². The van der Waals surface area contributed by atoms with Gasteiger partial charge in [0.15, 0.2) is 0 Å². The lowest BCUT2D eigenvalue weighted by atomic mass is 9.96. The topological polar surface area (TPSA) is 68.7 Å². The number of hydrogen-bond donors (Lipinski definition) is 2. The second-order valence-electron chi connectivity index (χ2n) is 6.30. The van der Waals surface area contributed by atoms with Crippen molar-refractivity contribution in [2.45, 2.75) is 19.4 Å². The summed E-state index contributed by atoms with van der Waals surface area (Å²) in [6.45, 7) is 4.95. The van der Waals surface area contributed by atoms with Crippen molar-refractivity contribution in [2.75, 3.05) is 46.4 Å². The largest absolute Gasteiger partial charge is 0.395 e. The molecule has 1 aliphatic heterocycles. The van der Waals surface area contributed by atoms with Crippen LogP contribution < -0.4 is 5.32 Å². The van der Waals surface area contributed by atoms with Gasteiger partial charge in [-0.3, -0.25) is 14.7 Å². The van der Waals surface area contributed by atoms with Crippen LogP contribution in [-0.2, 0) is 11.3 Å². The van der Waals surface area contributed by atoms with E-state index in [0.29, 0.717) is 19.0 Å². The Bertz CT molecular complexity index is 461. The van der Waals surface area contributed by atoms with Gasteiger partial charge in [-0.1, -0.05) is 6.07 Å². The number of likely N-dealkylation sites (N-methyl/N-ethyl adjacent to an activating group) is 1. The van der Waals surface area contributed by atoms with E-state index in [1.165, 1.54) is 0 Å². The molecule has 1 saturated heterocycles. The molecular weight excluding hydrogens is 292 g/mol. The van der Waals surface area contributed by atoms with Crippen LogP contribution in [0.5, 0.6) is 0 Å². The number of piperidine rings is 1. The Hall–Kier alpha value is -1.50.